The van der Waals surface area contributed by atoms with Crippen LogP contribution in [0, 0.1) is 11.8 Å². The average molecular weight is 401 g/mol. The molecule has 126 valence electrons. The van der Waals surface area contributed by atoms with Crippen LogP contribution in [-0.4, -0.2) is 33.2 Å². The van der Waals surface area contributed by atoms with E-state index in [4.69, 9.17) is 0 Å². The molecule has 7 heteroatoms. The number of nitrogens with zero attached hydrogens (tertiary/aromatic N) is 1. The number of benzene rings is 1. The summed E-state index contributed by atoms with van der Waals surface area (Å²) in [6.07, 6.45) is 5.80. The van der Waals surface area contributed by atoms with E-state index >= 15 is 0 Å². The molecule has 2 saturated carbocycles. The fourth-order valence-electron chi connectivity index (χ4n) is 3.84. The van der Waals surface area contributed by atoms with Gasteiger partial charge in [0.25, 0.3) is 0 Å². The van der Waals surface area contributed by atoms with E-state index in [2.05, 4.69) is 21.2 Å². The lowest BCUT2D eigenvalue weighted by Crippen LogP contribution is -2.45. The number of sulfonamides is 1. The predicted octanol–water partition coefficient (Wildman–Crippen LogP) is 2.52. The van der Waals surface area contributed by atoms with Crippen LogP contribution >= 0.6 is 15.9 Å². The third-order valence-corrected chi connectivity index (χ3v) is 6.50. The Morgan fingerprint density at radius 2 is 2.13 bits per heavy atom. The maximum atomic E-state index is 12.4. The number of amides is 1. The molecule has 2 fully saturated rings. The van der Waals surface area contributed by atoms with Crippen molar-refractivity contribution in [3.63, 3.8) is 0 Å². The zero-order chi connectivity index (χ0) is 16.6. The molecule has 0 heterocycles. The minimum Gasteiger partial charge on any atom is -0.352 e. The summed E-state index contributed by atoms with van der Waals surface area (Å²) in [4.78, 5) is 12.4. The zero-order valence-corrected chi connectivity index (χ0v) is 15.4. The summed E-state index contributed by atoms with van der Waals surface area (Å²) >= 11 is 3.33. The number of rotatable bonds is 5. The van der Waals surface area contributed by atoms with Crippen molar-refractivity contribution >= 4 is 37.5 Å². The van der Waals surface area contributed by atoms with Gasteiger partial charge in [-0.15, -0.1) is 0 Å². The number of halogens is 1. The number of fused-ring (bicyclic) bond motifs is 2. The SMILES string of the molecule is CS(=O)(=O)N(CC(=O)N[C@@H]1C[C@@H]2CC[C@H]1C2)c1cccc(Br)c1. The average Bonchev–Trinajstić information content (AvgIpc) is 3.06. The summed E-state index contributed by atoms with van der Waals surface area (Å²) in [6, 6.07) is 7.18. The highest BCUT2D eigenvalue weighted by Crippen LogP contribution is 2.44. The van der Waals surface area contributed by atoms with Gasteiger partial charge in [0, 0.05) is 10.5 Å². The van der Waals surface area contributed by atoms with Crippen LogP contribution in [-0.2, 0) is 14.8 Å². The highest BCUT2D eigenvalue weighted by Gasteiger charge is 2.40. The first-order chi connectivity index (χ1) is 10.8. The standard InChI is InChI=1S/C16H21BrN2O3S/c1-23(21,22)19(14-4-2-3-13(17)9-14)10-16(20)18-15-8-11-5-6-12(15)7-11/h2-4,9,11-12,15H,5-8,10H2,1H3,(H,18,20)/t11-,12+,15-/m1/s1. The summed E-state index contributed by atoms with van der Waals surface area (Å²) in [7, 11) is -3.52. The first-order valence-electron chi connectivity index (χ1n) is 7.85. The van der Waals surface area contributed by atoms with Crippen molar-refractivity contribution in [1.82, 2.24) is 5.32 Å². The molecule has 0 unspecified atom stereocenters. The molecule has 2 bridgehead atoms. The van der Waals surface area contributed by atoms with E-state index < -0.39 is 10.0 Å². The van der Waals surface area contributed by atoms with Gasteiger partial charge in [0.05, 0.1) is 11.9 Å². The number of hydrogen-bond donors (Lipinski definition) is 1. The second-order valence-corrected chi connectivity index (χ2v) is 9.42. The Morgan fingerprint density at radius 1 is 1.35 bits per heavy atom. The fraction of sp³-hybridized carbons (Fsp3) is 0.562. The van der Waals surface area contributed by atoms with E-state index in [1.165, 1.54) is 19.3 Å². The van der Waals surface area contributed by atoms with Gasteiger partial charge in [-0.2, -0.15) is 0 Å². The topological polar surface area (TPSA) is 66.5 Å². The Balaban J connectivity index is 1.70. The Labute approximate surface area is 145 Å². The Morgan fingerprint density at radius 3 is 2.70 bits per heavy atom. The quantitative estimate of drug-likeness (QED) is 0.825. The van der Waals surface area contributed by atoms with Crippen molar-refractivity contribution in [3.8, 4) is 0 Å². The summed E-state index contributed by atoms with van der Waals surface area (Å²) in [6.45, 7) is -0.177. The third kappa shape index (κ3) is 3.88. The maximum Gasteiger partial charge on any atom is 0.241 e. The van der Waals surface area contributed by atoms with Crippen LogP contribution < -0.4 is 9.62 Å². The largest absolute Gasteiger partial charge is 0.352 e. The van der Waals surface area contributed by atoms with E-state index in [0.717, 1.165) is 27.4 Å². The fourth-order valence-corrected chi connectivity index (χ4v) is 5.07. The molecule has 23 heavy (non-hydrogen) atoms. The molecule has 0 radical (unpaired) electrons. The van der Waals surface area contributed by atoms with Crippen LogP contribution in [0.3, 0.4) is 0 Å². The molecule has 2 aliphatic rings. The van der Waals surface area contributed by atoms with E-state index in [9.17, 15) is 13.2 Å². The van der Waals surface area contributed by atoms with Crippen LogP contribution in [0.25, 0.3) is 0 Å². The van der Waals surface area contributed by atoms with Crippen LogP contribution in [0.2, 0.25) is 0 Å². The van der Waals surface area contributed by atoms with Gasteiger partial charge in [0.2, 0.25) is 15.9 Å². The summed E-state index contributed by atoms with van der Waals surface area (Å²) in [5.41, 5.74) is 0.491. The van der Waals surface area contributed by atoms with Crippen molar-refractivity contribution in [3.05, 3.63) is 28.7 Å². The molecular weight excluding hydrogens is 380 g/mol. The Kier molecular flexibility index (Phi) is 4.69. The minimum absolute atomic E-state index is 0.177. The van der Waals surface area contributed by atoms with Crippen LogP contribution in [0.5, 0.6) is 0 Å². The van der Waals surface area contributed by atoms with Crippen LogP contribution in [0.4, 0.5) is 5.69 Å². The summed E-state index contributed by atoms with van der Waals surface area (Å²) < 4.78 is 26.1. The molecule has 1 amide bonds. The van der Waals surface area contributed by atoms with E-state index in [-0.39, 0.29) is 18.5 Å². The molecule has 2 aliphatic carbocycles. The molecular formula is C16H21BrN2O3S. The lowest BCUT2D eigenvalue weighted by molar-refractivity contribution is -0.120. The molecule has 1 aromatic rings. The first-order valence-corrected chi connectivity index (χ1v) is 10.5. The molecule has 0 aromatic heterocycles. The molecule has 0 aliphatic heterocycles. The van der Waals surface area contributed by atoms with E-state index in [1.807, 2.05) is 6.07 Å². The first kappa shape index (κ1) is 16.8. The van der Waals surface area contributed by atoms with Gasteiger partial charge in [-0.25, -0.2) is 8.42 Å². The highest BCUT2D eigenvalue weighted by atomic mass is 79.9. The monoisotopic (exact) mass is 400 g/mol. The van der Waals surface area contributed by atoms with Gasteiger partial charge in [-0.1, -0.05) is 28.4 Å². The number of carbonyl (C=O) groups excluding carboxylic acids is 1. The summed E-state index contributed by atoms with van der Waals surface area (Å²) in [5.74, 6) is 1.08. The minimum atomic E-state index is -3.52. The van der Waals surface area contributed by atoms with Gasteiger partial charge in [-0.05, 0) is 49.3 Å². The van der Waals surface area contributed by atoms with Gasteiger partial charge >= 0.3 is 0 Å². The number of nitrogens with one attached hydrogen (secondary N) is 1. The number of carbonyl (C=O) groups is 1. The van der Waals surface area contributed by atoms with Gasteiger partial charge < -0.3 is 5.32 Å². The smallest absolute Gasteiger partial charge is 0.241 e. The third-order valence-electron chi connectivity index (χ3n) is 4.87. The molecule has 5 nitrogen and oxygen atoms in total. The normalized spacial score (nSPS) is 26.3. The van der Waals surface area contributed by atoms with Crippen molar-refractivity contribution in [2.45, 2.75) is 31.7 Å². The number of anilines is 1. The predicted molar refractivity (Wildman–Crippen MR) is 93.7 cm³/mol. The molecule has 3 rings (SSSR count). The van der Waals surface area contributed by atoms with Gasteiger partial charge in [0.15, 0.2) is 0 Å². The lowest BCUT2D eigenvalue weighted by Gasteiger charge is -2.26. The van der Waals surface area contributed by atoms with Crippen molar-refractivity contribution in [2.24, 2.45) is 11.8 Å². The summed E-state index contributed by atoms with van der Waals surface area (Å²) in [5, 5.41) is 3.04. The second kappa shape index (κ2) is 6.43. The second-order valence-electron chi connectivity index (χ2n) is 6.60. The van der Waals surface area contributed by atoms with E-state index in [1.54, 1.807) is 18.2 Å². The molecule has 3 atom stereocenters. The van der Waals surface area contributed by atoms with E-state index in [0.29, 0.717) is 11.6 Å². The van der Waals surface area contributed by atoms with Crippen molar-refractivity contribution < 1.29 is 13.2 Å². The van der Waals surface area contributed by atoms with Gasteiger partial charge in [0.1, 0.15) is 6.54 Å². The lowest BCUT2D eigenvalue weighted by atomic mass is 9.95. The van der Waals surface area contributed by atoms with Crippen LogP contribution in [0.1, 0.15) is 25.7 Å². The molecule has 0 saturated heterocycles. The van der Waals surface area contributed by atoms with Gasteiger partial charge in [-0.3, -0.25) is 9.10 Å². The van der Waals surface area contributed by atoms with Crippen molar-refractivity contribution in [1.29, 1.82) is 0 Å². The highest BCUT2D eigenvalue weighted by molar-refractivity contribution is 9.10. The maximum absolute atomic E-state index is 12.4. The van der Waals surface area contributed by atoms with Crippen LogP contribution in [0.15, 0.2) is 28.7 Å². The Bertz CT molecular complexity index is 707. The number of hydrogen-bond acceptors (Lipinski definition) is 3. The zero-order valence-electron chi connectivity index (χ0n) is 13.0. The molecule has 0 spiro atoms. The Hall–Kier alpha value is -1.08. The molecule has 1 aromatic carbocycles. The molecule has 1 N–H and O–H groups in total. The van der Waals surface area contributed by atoms with Crippen molar-refractivity contribution in [2.75, 3.05) is 17.1 Å².